The number of hydrogen-bond acceptors (Lipinski definition) is 4. The Hall–Kier alpha value is -1.89. The Morgan fingerprint density at radius 2 is 2.07 bits per heavy atom. The Balaban J connectivity index is 1.81. The van der Waals surface area contributed by atoms with Gasteiger partial charge in [0.1, 0.15) is 12.4 Å². The minimum atomic E-state index is -0.0711. The number of carbonyl (C=O) groups is 1. The Morgan fingerprint density at radius 1 is 1.30 bits per heavy atom. The third-order valence-corrected chi connectivity index (χ3v) is 5.66. The molecule has 0 fully saturated rings. The second-order valence-corrected chi connectivity index (χ2v) is 7.95. The van der Waals surface area contributed by atoms with Crippen LogP contribution >= 0.6 is 38.9 Å². The molecule has 0 radical (unpaired) electrons. The van der Waals surface area contributed by atoms with Crippen molar-refractivity contribution in [3.8, 4) is 5.75 Å². The number of amides is 1. The zero-order valence-corrected chi connectivity index (χ0v) is 18.1. The number of carbonyl (C=O) groups excluding carboxylic acids is 1. The predicted octanol–water partition coefficient (Wildman–Crippen LogP) is 6.39. The maximum Gasteiger partial charge on any atom is 0.230 e. The number of aryl methyl sites for hydroxylation is 1. The maximum atomic E-state index is 12.3. The molecule has 3 aromatic rings. The lowest BCUT2D eigenvalue weighted by atomic mass is 10.1. The lowest BCUT2D eigenvalue weighted by Crippen LogP contribution is -2.23. The molecule has 0 aliphatic rings. The normalized spacial score (nSPS) is 10.7. The van der Waals surface area contributed by atoms with E-state index < -0.39 is 0 Å². The van der Waals surface area contributed by atoms with Crippen molar-refractivity contribution in [1.29, 1.82) is 0 Å². The lowest BCUT2D eigenvalue weighted by molar-refractivity contribution is -0.115. The van der Waals surface area contributed by atoms with E-state index in [2.05, 4.69) is 27.8 Å². The van der Waals surface area contributed by atoms with Crippen LogP contribution < -0.4 is 9.64 Å². The predicted molar refractivity (Wildman–Crippen MR) is 114 cm³/mol. The van der Waals surface area contributed by atoms with Gasteiger partial charge in [-0.3, -0.25) is 9.69 Å². The molecule has 27 heavy (non-hydrogen) atoms. The summed E-state index contributed by atoms with van der Waals surface area (Å²) in [5, 5.41) is 3.18. The van der Waals surface area contributed by atoms with E-state index in [4.69, 9.17) is 16.3 Å². The van der Waals surface area contributed by atoms with E-state index in [1.54, 1.807) is 30.0 Å². The fraction of sp³-hybridized carbons (Fsp3) is 0.200. The van der Waals surface area contributed by atoms with Gasteiger partial charge in [0.25, 0.3) is 0 Å². The molecule has 7 heteroatoms. The third-order valence-electron chi connectivity index (χ3n) is 3.93. The Bertz CT molecular complexity index is 961. The van der Waals surface area contributed by atoms with Crippen LogP contribution in [0.1, 0.15) is 25.1 Å². The molecular formula is C20H18BrClN2O2S. The summed E-state index contributed by atoms with van der Waals surface area (Å²) in [6.07, 6.45) is 0.839. The summed E-state index contributed by atoms with van der Waals surface area (Å²) in [6, 6.07) is 13.2. The second-order valence-electron chi connectivity index (χ2n) is 5.82. The fourth-order valence-electron chi connectivity index (χ4n) is 2.64. The second kappa shape index (κ2) is 8.87. The number of nitrogens with zero attached hydrogens (tertiary/aromatic N) is 2. The van der Waals surface area contributed by atoms with E-state index in [9.17, 15) is 4.79 Å². The van der Waals surface area contributed by atoms with Crippen molar-refractivity contribution in [3.05, 3.63) is 68.6 Å². The molecule has 0 N–H and O–H groups in total. The molecule has 0 unspecified atom stereocenters. The summed E-state index contributed by atoms with van der Waals surface area (Å²) in [5.74, 6) is 0.617. The number of para-hydroxylation sites is 1. The quantitative estimate of drug-likeness (QED) is 0.424. The van der Waals surface area contributed by atoms with Gasteiger partial charge >= 0.3 is 0 Å². The fourth-order valence-corrected chi connectivity index (χ4v) is 4.31. The maximum absolute atomic E-state index is 12.3. The lowest BCUT2D eigenvalue weighted by Gasteiger charge is -2.21. The molecule has 0 bridgehead atoms. The van der Waals surface area contributed by atoms with Gasteiger partial charge in [0.15, 0.2) is 5.13 Å². The number of halogens is 2. The summed E-state index contributed by atoms with van der Waals surface area (Å²) in [5.41, 5.74) is 2.73. The molecular weight excluding hydrogens is 448 g/mol. The molecule has 1 amide bonds. The minimum absolute atomic E-state index is 0.0711. The average molecular weight is 466 g/mol. The smallest absolute Gasteiger partial charge is 0.230 e. The van der Waals surface area contributed by atoms with Gasteiger partial charge in [0, 0.05) is 17.3 Å². The molecule has 0 aliphatic heterocycles. The molecule has 0 saturated carbocycles. The van der Waals surface area contributed by atoms with E-state index in [0.717, 1.165) is 27.8 Å². The summed E-state index contributed by atoms with van der Waals surface area (Å²) >= 11 is 10.8. The van der Waals surface area contributed by atoms with Gasteiger partial charge in [-0.15, -0.1) is 11.3 Å². The van der Waals surface area contributed by atoms with Gasteiger partial charge in [0.05, 0.1) is 15.9 Å². The standard InChI is InChI=1S/C20H18BrClN2O2S/c1-3-14-6-4-5-7-18(14)24(13(2)25)20-23-16(12-27-20)11-26-19-9-8-15(22)10-17(19)21/h4-10,12H,3,11H2,1-2H3. The van der Waals surface area contributed by atoms with Gasteiger partial charge < -0.3 is 4.74 Å². The summed E-state index contributed by atoms with van der Waals surface area (Å²) < 4.78 is 6.60. The van der Waals surface area contributed by atoms with Crippen molar-refractivity contribution in [2.45, 2.75) is 26.9 Å². The molecule has 4 nitrogen and oxygen atoms in total. The molecule has 1 aromatic heterocycles. The van der Waals surface area contributed by atoms with Crippen molar-refractivity contribution >= 4 is 55.6 Å². The van der Waals surface area contributed by atoms with Crippen molar-refractivity contribution in [3.63, 3.8) is 0 Å². The van der Waals surface area contributed by atoms with E-state index >= 15 is 0 Å². The highest BCUT2D eigenvalue weighted by Crippen LogP contribution is 2.33. The highest BCUT2D eigenvalue weighted by Gasteiger charge is 2.20. The largest absolute Gasteiger partial charge is 0.486 e. The minimum Gasteiger partial charge on any atom is -0.486 e. The topological polar surface area (TPSA) is 42.4 Å². The van der Waals surface area contributed by atoms with Gasteiger partial charge in [-0.2, -0.15) is 0 Å². The number of ether oxygens (including phenoxy) is 1. The van der Waals surface area contributed by atoms with Crippen LogP contribution in [0.25, 0.3) is 0 Å². The first kappa shape index (κ1) is 19.9. The summed E-state index contributed by atoms with van der Waals surface area (Å²) in [6.45, 7) is 3.93. The van der Waals surface area contributed by atoms with Gasteiger partial charge in [-0.1, -0.05) is 36.7 Å². The molecule has 0 spiro atoms. The molecule has 2 aromatic carbocycles. The van der Waals surface area contributed by atoms with Gasteiger partial charge in [-0.25, -0.2) is 4.98 Å². The molecule has 0 atom stereocenters. The van der Waals surface area contributed by atoms with E-state index in [1.165, 1.54) is 11.3 Å². The zero-order valence-electron chi connectivity index (χ0n) is 14.9. The van der Waals surface area contributed by atoms with Crippen molar-refractivity contribution in [2.75, 3.05) is 4.90 Å². The molecule has 0 saturated heterocycles. The monoisotopic (exact) mass is 464 g/mol. The number of hydrogen-bond donors (Lipinski definition) is 0. The van der Waals surface area contributed by atoms with Crippen LogP contribution in [-0.2, 0) is 17.8 Å². The Kier molecular flexibility index (Phi) is 6.52. The van der Waals surface area contributed by atoms with Crippen LogP contribution in [0, 0.1) is 0 Å². The number of benzene rings is 2. The number of aromatic nitrogens is 1. The van der Waals surface area contributed by atoms with E-state index in [-0.39, 0.29) is 5.91 Å². The van der Waals surface area contributed by atoms with Crippen LogP contribution in [-0.4, -0.2) is 10.9 Å². The first-order chi connectivity index (χ1) is 13.0. The average Bonchev–Trinajstić information content (AvgIpc) is 3.09. The number of thiazole rings is 1. The summed E-state index contributed by atoms with van der Waals surface area (Å²) in [4.78, 5) is 18.6. The van der Waals surface area contributed by atoms with E-state index in [1.807, 2.05) is 29.6 Å². The Labute approximate surface area is 175 Å². The van der Waals surface area contributed by atoms with Crippen molar-refractivity contribution in [2.24, 2.45) is 0 Å². The Morgan fingerprint density at radius 3 is 2.78 bits per heavy atom. The molecule has 1 heterocycles. The first-order valence-electron chi connectivity index (χ1n) is 8.40. The van der Waals surface area contributed by atoms with Gasteiger partial charge in [-0.05, 0) is 52.2 Å². The summed E-state index contributed by atoms with van der Waals surface area (Å²) in [7, 11) is 0. The van der Waals surface area contributed by atoms with E-state index in [0.29, 0.717) is 22.5 Å². The third kappa shape index (κ3) is 4.69. The highest BCUT2D eigenvalue weighted by atomic mass is 79.9. The van der Waals surface area contributed by atoms with Crippen LogP contribution in [0.2, 0.25) is 5.02 Å². The van der Waals surface area contributed by atoms with Crippen LogP contribution in [0.5, 0.6) is 5.75 Å². The first-order valence-corrected chi connectivity index (χ1v) is 10.5. The number of rotatable bonds is 6. The SMILES string of the molecule is CCc1ccccc1N(C(C)=O)c1nc(COc2ccc(Cl)cc2Br)cs1. The molecule has 3 rings (SSSR count). The van der Waals surface area contributed by atoms with Crippen LogP contribution in [0.3, 0.4) is 0 Å². The van der Waals surface area contributed by atoms with Gasteiger partial charge in [0.2, 0.25) is 5.91 Å². The zero-order chi connectivity index (χ0) is 19.4. The van der Waals surface area contributed by atoms with Crippen LogP contribution in [0.15, 0.2) is 52.3 Å². The molecule has 140 valence electrons. The van der Waals surface area contributed by atoms with Crippen molar-refractivity contribution < 1.29 is 9.53 Å². The van der Waals surface area contributed by atoms with Crippen molar-refractivity contribution in [1.82, 2.24) is 4.98 Å². The highest BCUT2D eigenvalue weighted by molar-refractivity contribution is 9.10. The van der Waals surface area contributed by atoms with Crippen LogP contribution in [0.4, 0.5) is 10.8 Å². The number of anilines is 2. The molecule has 0 aliphatic carbocycles.